The predicted octanol–water partition coefficient (Wildman–Crippen LogP) is 1.91. The largest absolute Gasteiger partial charge is 0.291 e. The number of hydrogen-bond donors (Lipinski definition) is 1. The van der Waals surface area contributed by atoms with E-state index in [2.05, 4.69) is 10.2 Å². The second-order valence-corrected chi connectivity index (χ2v) is 7.32. The molecule has 0 aliphatic rings. The summed E-state index contributed by atoms with van der Waals surface area (Å²) in [5, 5.41) is 12.9. The van der Waals surface area contributed by atoms with Gasteiger partial charge in [0.05, 0.1) is 0 Å². The van der Waals surface area contributed by atoms with Gasteiger partial charge in [0.25, 0.3) is 15.2 Å². The lowest BCUT2D eigenvalue weighted by Gasteiger charge is -2.24. The van der Waals surface area contributed by atoms with E-state index in [1.165, 1.54) is 0 Å². The highest BCUT2D eigenvalue weighted by molar-refractivity contribution is 7.89. The van der Waals surface area contributed by atoms with Gasteiger partial charge in [-0.05, 0) is 32.8 Å². The van der Waals surface area contributed by atoms with Crippen molar-refractivity contribution in [3.63, 3.8) is 0 Å². The van der Waals surface area contributed by atoms with Crippen LogP contribution >= 0.6 is 0 Å². The maximum atomic E-state index is 11.8. The van der Waals surface area contributed by atoms with Gasteiger partial charge in [0, 0.05) is 11.1 Å². The average molecular weight is 308 g/mol. The molecule has 0 aliphatic carbocycles. The van der Waals surface area contributed by atoms with Crippen molar-refractivity contribution in [2.45, 2.75) is 44.8 Å². The summed E-state index contributed by atoms with van der Waals surface area (Å²) in [6, 6.07) is 7.75. The first-order valence-corrected chi connectivity index (χ1v) is 8.28. The molecule has 0 radical (unpaired) electrons. The topological polar surface area (TPSA) is 90.9 Å². The maximum Gasteiger partial charge on any atom is 0.273 e. The van der Waals surface area contributed by atoms with E-state index < -0.39 is 15.6 Å². The number of rotatable bonds is 3. The lowest BCUT2D eigenvalue weighted by Crippen LogP contribution is -2.29. The average Bonchev–Trinajstić information content (AvgIpc) is 2.83. The molecule has 0 atom stereocenters. The summed E-state index contributed by atoms with van der Waals surface area (Å²) in [7, 11) is -3.93. The Balaban J connectivity index is 2.80. The molecule has 114 valence electrons. The Kier molecular flexibility index (Phi) is 3.90. The second-order valence-electron chi connectivity index (χ2n) is 5.87. The van der Waals surface area contributed by atoms with E-state index >= 15 is 0 Å². The van der Waals surface area contributed by atoms with Crippen LogP contribution in [0.4, 0.5) is 0 Å². The Morgan fingerprint density at radius 2 is 1.81 bits per heavy atom. The summed E-state index contributed by atoms with van der Waals surface area (Å²) in [6.45, 7) is 7.71. The van der Waals surface area contributed by atoms with E-state index in [1.807, 2.05) is 52.0 Å². The zero-order chi connectivity index (χ0) is 15.8. The lowest BCUT2D eigenvalue weighted by molar-refractivity contribution is 0.366. The van der Waals surface area contributed by atoms with E-state index in [4.69, 9.17) is 5.14 Å². The van der Waals surface area contributed by atoms with Crippen molar-refractivity contribution in [3.8, 4) is 11.4 Å². The standard InChI is InChI=1S/C14H20N4O2S/c1-5-10-8-6-7-9-11(10)12-16-17-13(21(15,19)20)18(12)14(2,3)4/h6-9H,5H2,1-4H3,(H2,15,19,20). The third-order valence-corrected chi connectivity index (χ3v) is 3.97. The van der Waals surface area contributed by atoms with Crippen molar-refractivity contribution < 1.29 is 8.42 Å². The number of primary sulfonamides is 1. The maximum absolute atomic E-state index is 11.8. The van der Waals surface area contributed by atoms with Crippen molar-refractivity contribution in [3.05, 3.63) is 29.8 Å². The van der Waals surface area contributed by atoms with Crippen LogP contribution in [0.15, 0.2) is 29.4 Å². The van der Waals surface area contributed by atoms with Gasteiger partial charge in [0.15, 0.2) is 5.82 Å². The number of nitrogens with two attached hydrogens (primary N) is 1. The summed E-state index contributed by atoms with van der Waals surface area (Å²) < 4.78 is 25.1. The Hall–Kier alpha value is -1.73. The van der Waals surface area contributed by atoms with Gasteiger partial charge < -0.3 is 0 Å². The predicted molar refractivity (Wildman–Crippen MR) is 81.2 cm³/mol. The number of aryl methyl sites for hydroxylation is 1. The molecule has 21 heavy (non-hydrogen) atoms. The van der Waals surface area contributed by atoms with Crippen LogP contribution in [0.25, 0.3) is 11.4 Å². The molecule has 1 aromatic carbocycles. The normalized spacial score (nSPS) is 12.6. The van der Waals surface area contributed by atoms with Crippen molar-refractivity contribution in [1.82, 2.24) is 14.8 Å². The van der Waals surface area contributed by atoms with Crippen LogP contribution in [0.5, 0.6) is 0 Å². The zero-order valence-electron chi connectivity index (χ0n) is 12.7. The third-order valence-electron chi connectivity index (χ3n) is 3.20. The van der Waals surface area contributed by atoms with E-state index in [9.17, 15) is 8.42 Å². The van der Waals surface area contributed by atoms with Crippen LogP contribution in [0.1, 0.15) is 33.3 Å². The Morgan fingerprint density at radius 3 is 2.33 bits per heavy atom. The van der Waals surface area contributed by atoms with Crippen LogP contribution in [0, 0.1) is 0 Å². The number of aromatic nitrogens is 3. The molecule has 0 amide bonds. The fraction of sp³-hybridized carbons (Fsp3) is 0.429. The molecule has 1 aromatic heterocycles. The van der Waals surface area contributed by atoms with Crippen LogP contribution in [0.2, 0.25) is 0 Å². The molecule has 0 fully saturated rings. The molecule has 0 unspecified atom stereocenters. The zero-order valence-corrected chi connectivity index (χ0v) is 13.5. The third kappa shape index (κ3) is 2.98. The minimum Gasteiger partial charge on any atom is -0.291 e. The van der Waals surface area contributed by atoms with Crippen molar-refractivity contribution in [1.29, 1.82) is 0 Å². The Bertz CT molecular complexity index is 758. The van der Waals surface area contributed by atoms with Gasteiger partial charge in [-0.2, -0.15) is 0 Å². The van der Waals surface area contributed by atoms with E-state index in [0.717, 1.165) is 17.5 Å². The molecular formula is C14H20N4O2S. The minimum absolute atomic E-state index is 0.212. The highest BCUT2D eigenvalue weighted by atomic mass is 32.2. The van der Waals surface area contributed by atoms with E-state index in [0.29, 0.717) is 5.82 Å². The quantitative estimate of drug-likeness (QED) is 0.937. The molecular weight excluding hydrogens is 288 g/mol. The number of benzene rings is 1. The first-order valence-electron chi connectivity index (χ1n) is 6.73. The first-order chi connectivity index (χ1) is 9.66. The number of sulfonamides is 1. The van der Waals surface area contributed by atoms with Crippen molar-refractivity contribution in [2.24, 2.45) is 5.14 Å². The van der Waals surface area contributed by atoms with Crippen molar-refractivity contribution in [2.75, 3.05) is 0 Å². The van der Waals surface area contributed by atoms with Crippen LogP contribution in [-0.2, 0) is 22.0 Å². The van der Waals surface area contributed by atoms with Crippen molar-refractivity contribution >= 4 is 10.0 Å². The van der Waals surface area contributed by atoms with Gasteiger partial charge >= 0.3 is 0 Å². The fourth-order valence-electron chi connectivity index (χ4n) is 2.28. The number of hydrogen-bond acceptors (Lipinski definition) is 4. The van der Waals surface area contributed by atoms with Gasteiger partial charge in [-0.25, -0.2) is 13.6 Å². The molecule has 0 saturated carbocycles. The fourth-order valence-corrected chi connectivity index (χ4v) is 3.05. The van der Waals surface area contributed by atoms with Crippen LogP contribution < -0.4 is 5.14 Å². The number of nitrogens with zero attached hydrogens (tertiary/aromatic N) is 3. The molecule has 1 heterocycles. The highest BCUT2D eigenvalue weighted by Gasteiger charge is 2.29. The molecule has 2 aromatic rings. The molecule has 0 bridgehead atoms. The summed E-state index contributed by atoms with van der Waals surface area (Å²) >= 11 is 0. The monoisotopic (exact) mass is 308 g/mol. The van der Waals surface area contributed by atoms with Gasteiger partial charge in [-0.1, -0.05) is 31.2 Å². The smallest absolute Gasteiger partial charge is 0.273 e. The SMILES string of the molecule is CCc1ccccc1-c1nnc(S(N)(=O)=O)n1C(C)(C)C. The summed E-state index contributed by atoms with van der Waals surface area (Å²) in [6.07, 6.45) is 0.817. The molecule has 0 aliphatic heterocycles. The van der Waals surface area contributed by atoms with Gasteiger partial charge in [0.1, 0.15) is 0 Å². The van der Waals surface area contributed by atoms with Gasteiger partial charge in [-0.3, -0.25) is 4.57 Å². The molecule has 0 saturated heterocycles. The highest BCUT2D eigenvalue weighted by Crippen LogP contribution is 2.29. The van der Waals surface area contributed by atoms with E-state index in [-0.39, 0.29) is 5.16 Å². The summed E-state index contributed by atoms with van der Waals surface area (Å²) in [5.74, 6) is 0.518. The summed E-state index contributed by atoms with van der Waals surface area (Å²) in [4.78, 5) is 0. The first kappa shape index (κ1) is 15.7. The van der Waals surface area contributed by atoms with Gasteiger partial charge in [-0.15, -0.1) is 10.2 Å². The molecule has 6 nitrogen and oxygen atoms in total. The van der Waals surface area contributed by atoms with Crippen LogP contribution in [-0.4, -0.2) is 23.2 Å². The molecule has 7 heteroatoms. The van der Waals surface area contributed by atoms with E-state index in [1.54, 1.807) is 4.57 Å². The minimum atomic E-state index is -3.93. The van der Waals surface area contributed by atoms with Crippen LogP contribution in [0.3, 0.4) is 0 Å². The molecule has 0 spiro atoms. The lowest BCUT2D eigenvalue weighted by atomic mass is 10.0. The Morgan fingerprint density at radius 1 is 1.19 bits per heavy atom. The van der Waals surface area contributed by atoms with Gasteiger partial charge in [0.2, 0.25) is 0 Å². The molecule has 2 rings (SSSR count). The second kappa shape index (κ2) is 5.23. The Labute approximate surface area is 125 Å². The summed E-state index contributed by atoms with van der Waals surface area (Å²) in [5.41, 5.74) is 1.44. The molecule has 2 N–H and O–H groups in total.